The molecular weight excluding hydrogens is 745 g/mol. The Bertz CT molecular complexity index is 1830. The zero-order chi connectivity index (χ0) is 42.5. The number of para-hydroxylation sites is 1. The summed E-state index contributed by atoms with van der Waals surface area (Å²) >= 11 is 0. The fourth-order valence-corrected chi connectivity index (χ4v) is 10.6. The first-order valence-electron chi connectivity index (χ1n) is 23.3. The summed E-state index contributed by atoms with van der Waals surface area (Å²) in [5.74, 6) is 4.41. The maximum Gasteiger partial charge on any atom is 0.257 e. The first-order valence-corrected chi connectivity index (χ1v) is 23.3. The number of allylic oxidation sites excluding steroid dienone is 1. The van der Waals surface area contributed by atoms with Crippen molar-refractivity contribution in [3.63, 3.8) is 0 Å². The van der Waals surface area contributed by atoms with Gasteiger partial charge in [-0.05, 0) is 118 Å². The van der Waals surface area contributed by atoms with Gasteiger partial charge in [0, 0.05) is 62.5 Å². The van der Waals surface area contributed by atoms with E-state index in [1.807, 2.05) is 43.3 Å². The summed E-state index contributed by atoms with van der Waals surface area (Å²) in [7, 11) is 1.69. The molecule has 2 aliphatic heterocycles. The van der Waals surface area contributed by atoms with Crippen LogP contribution in [-0.4, -0.2) is 68.9 Å². The highest BCUT2D eigenvalue weighted by Crippen LogP contribution is 2.51. The number of rotatable bonds is 20. The Balaban J connectivity index is 0.902. The van der Waals surface area contributed by atoms with E-state index >= 15 is 0 Å². The van der Waals surface area contributed by atoms with Crippen LogP contribution in [0.3, 0.4) is 0 Å². The number of aliphatic imine (C=N–C) groups is 1. The van der Waals surface area contributed by atoms with Gasteiger partial charge >= 0.3 is 0 Å². The van der Waals surface area contributed by atoms with Gasteiger partial charge in [-0.1, -0.05) is 90.2 Å². The number of hydrogen-bond acceptors (Lipinski definition) is 7. The van der Waals surface area contributed by atoms with Crippen LogP contribution in [0.4, 0.5) is 17.1 Å². The molecule has 6 rings (SSSR count). The van der Waals surface area contributed by atoms with E-state index in [0.717, 1.165) is 117 Å². The molecule has 2 amide bonds. The van der Waals surface area contributed by atoms with E-state index in [4.69, 9.17) is 9.73 Å². The maximum absolute atomic E-state index is 13.4. The van der Waals surface area contributed by atoms with Crippen LogP contribution in [0.15, 0.2) is 89.2 Å². The number of carbonyl (C=O) groups excluding carboxylic acids is 2. The molecular formula is C51H74N6O3. The van der Waals surface area contributed by atoms with Gasteiger partial charge in [-0.3, -0.25) is 19.4 Å². The number of methoxy groups -OCH3 is 1. The number of ether oxygens (including phenoxy) is 1. The molecule has 0 spiro atoms. The minimum absolute atomic E-state index is 0.125. The molecule has 3 fully saturated rings. The third-order valence-electron chi connectivity index (χ3n) is 13.3. The Kier molecular flexibility index (Phi) is 16.5. The monoisotopic (exact) mass is 819 g/mol. The lowest BCUT2D eigenvalue weighted by molar-refractivity contribution is -0.124. The first kappa shape index (κ1) is 45.2. The normalized spacial score (nSPS) is 24.7. The van der Waals surface area contributed by atoms with Crippen LogP contribution in [0.1, 0.15) is 124 Å². The van der Waals surface area contributed by atoms with Crippen LogP contribution in [0, 0.1) is 23.2 Å². The summed E-state index contributed by atoms with van der Waals surface area (Å²) in [6.07, 6.45) is 21.6. The SMILES string of the molecule is C=C(/N=C1\C(=C/CCCC)C(C)=CC(=O)N1c1ccccc1)Nc1ccc(N2CCN(CCCCCCCCNC(=O)CC3(C)CC4CC(C)CC(C4)C3)CC2)cc1OC. The topological polar surface area (TPSA) is 89.5 Å². The predicted molar refractivity (Wildman–Crippen MR) is 250 cm³/mol. The van der Waals surface area contributed by atoms with Crippen molar-refractivity contribution in [2.75, 3.05) is 61.5 Å². The number of amides is 2. The molecule has 2 atom stereocenters. The van der Waals surface area contributed by atoms with Gasteiger partial charge in [0.25, 0.3) is 5.91 Å². The predicted octanol–water partition coefficient (Wildman–Crippen LogP) is 10.9. The van der Waals surface area contributed by atoms with Gasteiger partial charge in [-0.2, -0.15) is 0 Å². The van der Waals surface area contributed by atoms with Gasteiger partial charge in [-0.15, -0.1) is 0 Å². The van der Waals surface area contributed by atoms with Crippen molar-refractivity contribution in [3.8, 4) is 5.75 Å². The van der Waals surface area contributed by atoms with Crippen molar-refractivity contribution in [2.24, 2.45) is 28.2 Å². The van der Waals surface area contributed by atoms with E-state index in [2.05, 4.69) is 66.0 Å². The smallest absolute Gasteiger partial charge is 0.257 e. The maximum atomic E-state index is 13.4. The highest BCUT2D eigenvalue weighted by atomic mass is 16.5. The second-order valence-corrected chi connectivity index (χ2v) is 18.7. The molecule has 2 unspecified atom stereocenters. The number of benzene rings is 2. The molecule has 2 saturated carbocycles. The number of unbranched alkanes of at least 4 members (excludes halogenated alkanes) is 7. The number of nitrogens with one attached hydrogen (secondary N) is 2. The van der Waals surface area contributed by atoms with Crippen molar-refractivity contribution in [3.05, 3.63) is 84.2 Å². The van der Waals surface area contributed by atoms with E-state index in [1.165, 1.54) is 64.2 Å². The van der Waals surface area contributed by atoms with Gasteiger partial charge in [0.2, 0.25) is 5.91 Å². The second-order valence-electron chi connectivity index (χ2n) is 18.7. The van der Waals surface area contributed by atoms with Crippen molar-refractivity contribution >= 4 is 34.7 Å². The number of nitrogens with zero attached hydrogens (tertiary/aromatic N) is 4. The van der Waals surface area contributed by atoms with Crippen molar-refractivity contribution < 1.29 is 14.3 Å². The highest BCUT2D eigenvalue weighted by Gasteiger charge is 2.41. The van der Waals surface area contributed by atoms with E-state index in [9.17, 15) is 9.59 Å². The Hall–Kier alpha value is -4.37. The molecule has 4 aliphatic rings. The third-order valence-corrected chi connectivity index (χ3v) is 13.3. The second kappa shape index (κ2) is 21.9. The highest BCUT2D eigenvalue weighted by molar-refractivity contribution is 6.30. The average Bonchev–Trinajstić information content (AvgIpc) is 3.21. The molecule has 9 nitrogen and oxygen atoms in total. The van der Waals surface area contributed by atoms with Crippen LogP contribution in [0.2, 0.25) is 0 Å². The molecule has 2 aliphatic carbocycles. The van der Waals surface area contributed by atoms with Crippen LogP contribution in [-0.2, 0) is 9.59 Å². The lowest BCUT2D eigenvalue weighted by Crippen LogP contribution is -2.46. The molecule has 326 valence electrons. The first-order chi connectivity index (χ1) is 29.0. The van der Waals surface area contributed by atoms with Crippen LogP contribution >= 0.6 is 0 Å². The molecule has 60 heavy (non-hydrogen) atoms. The van der Waals surface area contributed by atoms with E-state index in [1.54, 1.807) is 18.1 Å². The Morgan fingerprint density at radius 2 is 1.63 bits per heavy atom. The van der Waals surface area contributed by atoms with Crippen LogP contribution in [0.5, 0.6) is 5.75 Å². The molecule has 2 aromatic rings. The van der Waals surface area contributed by atoms with Crippen molar-refractivity contribution in [1.82, 2.24) is 10.2 Å². The van der Waals surface area contributed by atoms with E-state index in [-0.39, 0.29) is 17.2 Å². The fraction of sp³-hybridized carbons (Fsp3) is 0.588. The number of piperazine rings is 1. The summed E-state index contributed by atoms with van der Waals surface area (Å²) in [6.45, 7) is 19.2. The largest absolute Gasteiger partial charge is 0.494 e. The summed E-state index contributed by atoms with van der Waals surface area (Å²) in [6, 6.07) is 15.9. The zero-order valence-electron chi connectivity index (χ0n) is 37.6. The molecule has 1 saturated heterocycles. The fourth-order valence-electron chi connectivity index (χ4n) is 10.6. The standard InChI is InChI=1S/C51H74N6O3/c1-7-8-14-21-45-39(3)32-49(59)57(43-19-15-13-16-20-43)50(45)54-40(4)53-46-23-22-44(34-47(46)60-6)56-28-26-55(27-29-56)25-18-12-10-9-11-17-24-52-48(58)37-51(5)35-41-30-38(2)31-42(33-41)36-51/h13,15-16,19-23,32,34,38,41-42,53H,4,7-12,14,17-18,24-31,33,35-37H2,1-3,5-6H3,(H,52,58)/b45-21-,54-50+. The Morgan fingerprint density at radius 3 is 2.33 bits per heavy atom. The van der Waals surface area contributed by atoms with E-state index < -0.39 is 0 Å². The molecule has 2 bridgehead atoms. The summed E-state index contributed by atoms with van der Waals surface area (Å²) in [5.41, 5.74) is 4.73. The number of amidine groups is 1. The lowest BCUT2D eigenvalue weighted by atomic mass is 9.58. The number of fused-ring (bicyclic) bond motifs is 2. The minimum atomic E-state index is -0.125. The molecule has 2 aromatic carbocycles. The van der Waals surface area contributed by atoms with Gasteiger partial charge in [0.1, 0.15) is 17.4 Å². The summed E-state index contributed by atoms with van der Waals surface area (Å²) in [4.78, 5) is 37.9. The zero-order valence-corrected chi connectivity index (χ0v) is 37.6. The third kappa shape index (κ3) is 12.6. The molecule has 2 heterocycles. The number of hydrogen-bond donors (Lipinski definition) is 2. The van der Waals surface area contributed by atoms with E-state index in [0.29, 0.717) is 18.1 Å². The average molecular weight is 819 g/mol. The van der Waals surface area contributed by atoms with Gasteiger partial charge in [0.15, 0.2) is 0 Å². The molecule has 9 heteroatoms. The molecule has 2 N–H and O–H groups in total. The van der Waals surface area contributed by atoms with Gasteiger partial charge in [0.05, 0.1) is 18.5 Å². The van der Waals surface area contributed by atoms with Gasteiger partial charge in [-0.25, -0.2) is 4.99 Å². The van der Waals surface area contributed by atoms with Crippen molar-refractivity contribution in [2.45, 2.75) is 124 Å². The van der Waals surface area contributed by atoms with Gasteiger partial charge < -0.3 is 20.3 Å². The Morgan fingerprint density at radius 1 is 0.933 bits per heavy atom. The molecule has 0 aromatic heterocycles. The number of carbonyl (C=O) groups is 2. The Labute approximate surface area is 361 Å². The quantitative estimate of drug-likeness (QED) is 0.129. The van der Waals surface area contributed by atoms with Crippen molar-refractivity contribution in [1.29, 1.82) is 0 Å². The lowest BCUT2D eigenvalue weighted by Gasteiger charge is -2.47. The van der Waals surface area contributed by atoms with Crippen LogP contribution in [0.25, 0.3) is 0 Å². The summed E-state index contributed by atoms with van der Waals surface area (Å²) in [5, 5.41) is 6.63. The number of anilines is 3. The molecule has 0 radical (unpaired) electrons. The minimum Gasteiger partial charge on any atom is -0.494 e. The summed E-state index contributed by atoms with van der Waals surface area (Å²) < 4.78 is 5.87. The van der Waals surface area contributed by atoms with Crippen LogP contribution < -0.4 is 25.2 Å².